The Morgan fingerprint density at radius 2 is 1.82 bits per heavy atom. The quantitative estimate of drug-likeness (QED) is 0.706. The zero-order valence-electron chi connectivity index (χ0n) is 12.4. The van der Waals surface area contributed by atoms with Gasteiger partial charge in [-0.3, -0.25) is 0 Å². The van der Waals surface area contributed by atoms with Gasteiger partial charge in [-0.05, 0) is 49.4 Å². The van der Waals surface area contributed by atoms with Crippen LogP contribution >= 0.6 is 0 Å². The molecular weight excluding hydrogens is 274 g/mol. The van der Waals surface area contributed by atoms with E-state index < -0.39 is 0 Å². The van der Waals surface area contributed by atoms with Gasteiger partial charge in [0.15, 0.2) is 0 Å². The van der Waals surface area contributed by atoms with Crippen molar-refractivity contribution in [2.24, 2.45) is 0 Å². The summed E-state index contributed by atoms with van der Waals surface area (Å²) in [5.41, 5.74) is 2.63. The number of benzene rings is 2. The molecule has 1 aromatic heterocycles. The molecule has 3 nitrogen and oxygen atoms in total. The molecule has 0 fully saturated rings. The van der Waals surface area contributed by atoms with Crippen LogP contribution < -0.4 is 4.74 Å². The van der Waals surface area contributed by atoms with Crippen molar-refractivity contribution in [2.75, 3.05) is 0 Å². The van der Waals surface area contributed by atoms with E-state index in [4.69, 9.17) is 4.74 Å². The van der Waals surface area contributed by atoms with Crippen molar-refractivity contribution in [2.45, 2.75) is 13.5 Å². The van der Waals surface area contributed by atoms with Crippen molar-refractivity contribution in [1.82, 2.24) is 4.98 Å². The summed E-state index contributed by atoms with van der Waals surface area (Å²) >= 11 is 0. The zero-order chi connectivity index (χ0) is 15.4. The molecule has 0 aliphatic heterocycles. The van der Waals surface area contributed by atoms with E-state index in [9.17, 15) is 5.11 Å². The van der Waals surface area contributed by atoms with Crippen molar-refractivity contribution < 1.29 is 9.84 Å². The predicted molar refractivity (Wildman–Crippen MR) is 88.8 cm³/mol. The van der Waals surface area contributed by atoms with Crippen LogP contribution in [0.15, 0.2) is 66.7 Å². The molecule has 0 radical (unpaired) electrons. The molecule has 2 aromatic carbocycles. The second-order valence-corrected chi connectivity index (χ2v) is 4.98. The maximum absolute atomic E-state index is 9.64. The third-order valence-electron chi connectivity index (χ3n) is 3.47. The van der Waals surface area contributed by atoms with E-state index >= 15 is 0 Å². The summed E-state index contributed by atoms with van der Waals surface area (Å²) in [6.45, 7) is 2.21. The number of aliphatic hydroxyl groups is 1. The summed E-state index contributed by atoms with van der Waals surface area (Å²) in [5.74, 6) is 1.02. The van der Waals surface area contributed by atoms with Crippen LogP contribution in [0.3, 0.4) is 0 Å². The molecule has 1 heterocycles. The number of pyridine rings is 1. The van der Waals surface area contributed by atoms with Gasteiger partial charge in [0.25, 0.3) is 0 Å². The molecule has 0 unspecified atom stereocenters. The van der Waals surface area contributed by atoms with Crippen LogP contribution in [0.25, 0.3) is 16.7 Å². The Morgan fingerprint density at radius 1 is 1.05 bits per heavy atom. The first-order valence-electron chi connectivity index (χ1n) is 7.19. The second kappa shape index (κ2) is 6.31. The number of hydrogen-bond donors (Lipinski definition) is 1. The highest BCUT2D eigenvalue weighted by Crippen LogP contribution is 2.18. The number of hydrogen-bond acceptors (Lipinski definition) is 3. The maximum Gasteiger partial charge on any atom is 0.130 e. The third-order valence-corrected chi connectivity index (χ3v) is 3.47. The number of rotatable bonds is 4. The number of aliphatic hydroxyl groups excluding tert-OH is 1. The van der Waals surface area contributed by atoms with Gasteiger partial charge >= 0.3 is 0 Å². The van der Waals surface area contributed by atoms with Crippen molar-refractivity contribution in [3.05, 3.63) is 78.0 Å². The number of fused-ring (bicyclic) bond motifs is 1. The number of aromatic nitrogens is 1. The van der Waals surface area contributed by atoms with Gasteiger partial charge < -0.3 is 9.84 Å². The minimum absolute atomic E-state index is 0.266. The first-order chi connectivity index (χ1) is 10.8. The van der Waals surface area contributed by atoms with Crippen LogP contribution in [0.4, 0.5) is 0 Å². The fourth-order valence-corrected chi connectivity index (χ4v) is 2.23. The summed E-state index contributed by atoms with van der Waals surface area (Å²) in [5, 5.41) is 10.8. The molecule has 3 aromatic rings. The zero-order valence-corrected chi connectivity index (χ0v) is 12.4. The van der Waals surface area contributed by atoms with Crippen molar-refractivity contribution >= 4 is 16.7 Å². The molecule has 0 amide bonds. The van der Waals surface area contributed by atoms with Gasteiger partial charge in [0, 0.05) is 10.9 Å². The topological polar surface area (TPSA) is 42.4 Å². The van der Waals surface area contributed by atoms with E-state index in [-0.39, 0.29) is 5.76 Å². The Labute approximate surface area is 129 Å². The Kier molecular flexibility index (Phi) is 4.05. The van der Waals surface area contributed by atoms with Crippen LogP contribution in [0.5, 0.6) is 5.75 Å². The molecule has 0 saturated carbocycles. The normalized spacial score (nSPS) is 11.6. The summed E-state index contributed by atoms with van der Waals surface area (Å²) in [6.07, 6.45) is 1.66. The SMILES string of the molecule is CC=C(O)c1ccc(OCc2ccc3ccccc3n2)cc1. The van der Waals surface area contributed by atoms with Crippen molar-refractivity contribution in [3.8, 4) is 5.75 Å². The molecule has 0 atom stereocenters. The van der Waals surface area contributed by atoms with E-state index in [0.717, 1.165) is 27.9 Å². The fourth-order valence-electron chi connectivity index (χ4n) is 2.23. The van der Waals surface area contributed by atoms with Gasteiger partial charge in [-0.15, -0.1) is 0 Å². The highest BCUT2D eigenvalue weighted by atomic mass is 16.5. The number of allylic oxidation sites excluding steroid dienone is 1. The molecule has 1 N–H and O–H groups in total. The van der Waals surface area contributed by atoms with Crippen LogP contribution in [0.1, 0.15) is 18.2 Å². The van der Waals surface area contributed by atoms with Gasteiger partial charge in [0.2, 0.25) is 0 Å². The average Bonchev–Trinajstić information content (AvgIpc) is 2.59. The molecular formula is C19H17NO2. The average molecular weight is 291 g/mol. The lowest BCUT2D eigenvalue weighted by Crippen LogP contribution is -1.98. The lowest BCUT2D eigenvalue weighted by Gasteiger charge is -2.07. The predicted octanol–water partition coefficient (Wildman–Crippen LogP) is 4.73. The van der Waals surface area contributed by atoms with E-state index in [0.29, 0.717) is 6.61 Å². The number of ether oxygens (including phenoxy) is 1. The second-order valence-electron chi connectivity index (χ2n) is 4.98. The first kappa shape index (κ1) is 14.1. The monoisotopic (exact) mass is 291 g/mol. The standard InChI is InChI=1S/C19H17NO2/c1-2-19(21)15-8-11-17(12-9-15)22-13-16-10-7-14-5-3-4-6-18(14)20-16/h2-12,21H,13H2,1H3. The van der Waals surface area contributed by atoms with Crippen molar-refractivity contribution in [1.29, 1.82) is 0 Å². The van der Waals surface area contributed by atoms with Crippen LogP contribution in [-0.4, -0.2) is 10.1 Å². The summed E-state index contributed by atoms with van der Waals surface area (Å²) < 4.78 is 5.75. The van der Waals surface area contributed by atoms with Gasteiger partial charge in [-0.2, -0.15) is 0 Å². The Hall–Kier alpha value is -2.81. The minimum Gasteiger partial charge on any atom is -0.508 e. The Balaban J connectivity index is 1.71. The number of nitrogens with zero attached hydrogens (tertiary/aromatic N) is 1. The Bertz CT molecular complexity index is 807. The molecule has 22 heavy (non-hydrogen) atoms. The summed E-state index contributed by atoms with van der Waals surface area (Å²) in [4.78, 5) is 4.58. The molecule has 0 bridgehead atoms. The molecule has 3 heteroatoms. The van der Waals surface area contributed by atoms with E-state index in [2.05, 4.69) is 4.98 Å². The smallest absolute Gasteiger partial charge is 0.130 e. The maximum atomic E-state index is 9.64. The molecule has 0 spiro atoms. The molecule has 0 aliphatic rings. The molecule has 0 aliphatic carbocycles. The van der Waals surface area contributed by atoms with E-state index in [1.165, 1.54) is 0 Å². The Morgan fingerprint density at radius 3 is 2.59 bits per heavy atom. The lowest BCUT2D eigenvalue weighted by molar-refractivity contribution is 0.302. The van der Waals surface area contributed by atoms with Gasteiger partial charge in [-0.25, -0.2) is 4.98 Å². The lowest BCUT2D eigenvalue weighted by atomic mass is 10.2. The highest BCUT2D eigenvalue weighted by molar-refractivity contribution is 5.78. The minimum atomic E-state index is 0.266. The van der Waals surface area contributed by atoms with Gasteiger partial charge in [0.1, 0.15) is 18.1 Å². The summed E-state index contributed by atoms with van der Waals surface area (Å²) in [6, 6.07) is 19.4. The number of para-hydroxylation sites is 1. The molecule has 110 valence electrons. The third kappa shape index (κ3) is 3.09. The largest absolute Gasteiger partial charge is 0.508 e. The van der Waals surface area contributed by atoms with Gasteiger partial charge in [-0.1, -0.05) is 24.3 Å². The van der Waals surface area contributed by atoms with E-state index in [1.807, 2.05) is 60.7 Å². The summed E-state index contributed by atoms with van der Waals surface area (Å²) in [7, 11) is 0. The van der Waals surface area contributed by atoms with Crippen LogP contribution in [-0.2, 0) is 6.61 Å². The first-order valence-corrected chi connectivity index (χ1v) is 7.19. The van der Waals surface area contributed by atoms with Crippen LogP contribution in [0.2, 0.25) is 0 Å². The fraction of sp³-hybridized carbons (Fsp3) is 0.105. The molecule has 0 saturated heterocycles. The van der Waals surface area contributed by atoms with Crippen molar-refractivity contribution in [3.63, 3.8) is 0 Å². The highest BCUT2D eigenvalue weighted by Gasteiger charge is 2.01. The molecule has 3 rings (SSSR count). The van der Waals surface area contributed by atoms with Gasteiger partial charge in [0.05, 0.1) is 11.2 Å². The van der Waals surface area contributed by atoms with Crippen LogP contribution in [0, 0.1) is 0 Å². The van der Waals surface area contributed by atoms with E-state index in [1.54, 1.807) is 13.0 Å².